The molecule has 1 fully saturated rings. The molecule has 0 bridgehead atoms. The number of rotatable bonds is 5. The van der Waals surface area contributed by atoms with Gasteiger partial charge in [0.15, 0.2) is 0 Å². The van der Waals surface area contributed by atoms with Crippen LogP contribution < -0.4 is 9.47 Å². The van der Waals surface area contributed by atoms with E-state index >= 15 is 0 Å². The summed E-state index contributed by atoms with van der Waals surface area (Å²) in [5, 5.41) is 2.78. The maximum atomic E-state index is 6.37. The monoisotopic (exact) mass is 387 g/mol. The zero-order valence-corrected chi connectivity index (χ0v) is 16.7. The minimum absolute atomic E-state index is 0.112. The van der Waals surface area contributed by atoms with Crippen LogP contribution in [-0.4, -0.2) is 31.9 Å². The lowest BCUT2D eigenvalue weighted by atomic mass is 9.75. The van der Waals surface area contributed by atoms with Crippen LogP contribution in [0.3, 0.4) is 0 Å². The van der Waals surface area contributed by atoms with Gasteiger partial charge in [-0.1, -0.05) is 36.7 Å². The molecule has 0 radical (unpaired) electrons. The lowest BCUT2D eigenvalue weighted by Crippen LogP contribution is -2.43. The highest BCUT2D eigenvalue weighted by molar-refractivity contribution is 6.31. The Hall–Kier alpha value is -1.75. The lowest BCUT2D eigenvalue weighted by molar-refractivity contribution is -0.151. The Morgan fingerprint density at radius 1 is 1.19 bits per heavy atom. The summed E-state index contributed by atoms with van der Waals surface area (Å²) in [4.78, 5) is 5.37. The molecule has 27 heavy (non-hydrogen) atoms. The number of piperidine rings is 1. The van der Waals surface area contributed by atoms with Crippen molar-refractivity contribution in [1.82, 2.24) is 5.06 Å². The van der Waals surface area contributed by atoms with E-state index < -0.39 is 0 Å². The Bertz CT molecular complexity index is 815. The summed E-state index contributed by atoms with van der Waals surface area (Å²) in [6.07, 6.45) is 3.04. The first-order valence-corrected chi connectivity index (χ1v) is 9.98. The number of benzene rings is 2. The van der Waals surface area contributed by atoms with Gasteiger partial charge in [0.1, 0.15) is 18.1 Å². The average molecular weight is 388 g/mol. The Morgan fingerprint density at radius 2 is 2.00 bits per heavy atom. The van der Waals surface area contributed by atoms with Crippen molar-refractivity contribution in [2.45, 2.75) is 38.2 Å². The molecular weight excluding hydrogens is 362 g/mol. The first kappa shape index (κ1) is 18.6. The maximum Gasteiger partial charge on any atom is 0.126 e. The Labute approximate surface area is 165 Å². The van der Waals surface area contributed by atoms with E-state index in [-0.39, 0.29) is 5.41 Å². The van der Waals surface area contributed by atoms with E-state index in [1.54, 1.807) is 7.11 Å². The molecule has 2 aromatic rings. The van der Waals surface area contributed by atoms with Crippen LogP contribution in [0.15, 0.2) is 36.4 Å². The van der Waals surface area contributed by atoms with Gasteiger partial charge in [-0.25, -0.2) is 0 Å². The molecule has 1 spiro atoms. The highest BCUT2D eigenvalue weighted by atomic mass is 35.5. The van der Waals surface area contributed by atoms with Gasteiger partial charge in [0.05, 0.1) is 13.7 Å². The predicted molar refractivity (Wildman–Crippen MR) is 107 cm³/mol. The van der Waals surface area contributed by atoms with Gasteiger partial charge in [-0.2, -0.15) is 5.06 Å². The second kappa shape index (κ2) is 7.70. The van der Waals surface area contributed by atoms with E-state index in [1.165, 1.54) is 11.1 Å². The Kier molecular flexibility index (Phi) is 5.31. The van der Waals surface area contributed by atoms with Crippen LogP contribution >= 0.6 is 11.6 Å². The number of ether oxygens (including phenoxy) is 2. The molecule has 2 aliphatic heterocycles. The van der Waals surface area contributed by atoms with Crippen LogP contribution in [0.2, 0.25) is 5.02 Å². The largest absolute Gasteiger partial charge is 0.492 e. The van der Waals surface area contributed by atoms with Gasteiger partial charge in [0.25, 0.3) is 0 Å². The molecule has 4 rings (SSSR count). The lowest BCUT2D eigenvalue weighted by Gasteiger charge is -2.37. The third kappa shape index (κ3) is 3.54. The van der Waals surface area contributed by atoms with E-state index in [2.05, 4.69) is 25.1 Å². The summed E-state index contributed by atoms with van der Waals surface area (Å²) in [5.74, 6) is 1.77. The van der Waals surface area contributed by atoms with Crippen molar-refractivity contribution in [3.8, 4) is 11.5 Å². The molecule has 4 nitrogen and oxygen atoms in total. The number of halogens is 1. The molecule has 2 heterocycles. The van der Waals surface area contributed by atoms with Gasteiger partial charge in [0.2, 0.25) is 0 Å². The summed E-state index contributed by atoms with van der Waals surface area (Å²) in [7, 11) is 1.74. The van der Waals surface area contributed by atoms with E-state index in [1.807, 2.05) is 23.3 Å². The number of hydrogen-bond acceptors (Lipinski definition) is 4. The van der Waals surface area contributed by atoms with Crippen LogP contribution in [0.4, 0.5) is 0 Å². The molecule has 0 aromatic heterocycles. The predicted octanol–water partition coefficient (Wildman–Crippen LogP) is 4.77. The smallest absolute Gasteiger partial charge is 0.126 e. The third-order valence-corrected chi connectivity index (χ3v) is 6.30. The molecule has 0 amide bonds. The minimum Gasteiger partial charge on any atom is -0.492 e. The Morgan fingerprint density at radius 3 is 2.74 bits per heavy atom. The van der Waals surface area contributed by atoms with Crippen LogP contribution in [0.25, 0.3) is 0 Å². The highest BCUT2D eigenvalue weighted by Crippen LogP contribution is 2.46. The van der Waals surface area contributed by atoms with E-state index in [0.717, 1.165) is 61.0 Å². The van der Waals surface area contributed by atoms with Crippen molar-refractivity contribution < 1.29 is 14.3 Å². The number of fused-ring (bicyclic) bond motifs is 2. The fraction of sp³-hybridized carbons (Fsp3) is 0.455. The number of aryl methyl sites for hydroxylation is 1. The van der Waals surface area contributed by atoms with Crippen LogP contribution in [0, 0.1) is 0 Å². The highest BCUT2D eigenvalue weighted by Gasteiger charge is 2.43. The van der Waals surface area contributed by atoms with E-state index in [0.29, 0.717) is 6.61 Å². The molecule has 1 saturated heterocycles. The van der Waals surface area contributed by atoms with Gasteiger partial charge in [-0.3, -0.25) is 0 Å². The van der Waals surface area contributed by atoms with Crippen molar-refractivity contribution >= 4 is 11.6 Å². The SMILES string of the molecule is CCc1cccc(Cl)c1COc1ccc2c(c1)OCC21CCN(OC)CC1. The molecule has 0 atom stereocenters. The summed E-state index contributed by atoms with van der Waals surface area (Å²) in [6, 6.07) is 12.3. The standard InChI is InChI=1S/C22H26ClNO3/c1-3-16-5-4-6-20(23)18(16)14-26-17-7-8-19-21(13-17)27-15-22(19)9-11-24(25-2)12-10-22/h4-8,13H,3,9-12,14-15H2,1-2H3. The quantitative estimate of drug-likeness (QED) is 0.739. The molecule has 144 valence electrons. The van der Waals surface area contributed by atoms with Gasteiger partial charge >= 0.3 is 0 Å². The van der Waals surface area contributed by atoms with Crippen LogP contribution in [-0.2, 0) is 23.3 Å². The number of nitrogens with zero attached hydrogens (tertiary/aromatic N) is 1. The summed E-state index contributed by atoms with van der Waals surface area (Å²) >= 11 is 6.37. The number of hydrogen-bond donors (Lipinski definition) is 0. The van der Waals surface area contributed by atoms with Crippen molar-refractivity contribution in [3.63, 3.8) is 0 Å². The normalized spacial score (nSPS) is 18.3. The minimum atomic E-state index is 0.112. The molecule has 0 unspecified atom stereocenters. The van der Waals surface area contributed by atoms with Crippen LogP contribution in [0.5, 0.6) is 11.5 Å². The molecular formula is C22H26ClNO3. The van der Waals surface area contributed by atoms with Crippen molar-refractivity contribution in [3.05, 3.63) is 58.1 Å². The van der Waals surface area contributed by atoms with Gasteiger partial charge in [-0.05, 0) is 37.0 Å². The number of hydroxylamine groups is 2. The second-order valence-electron chi connectivity index (χ2n) is 7.36. The van der Waals surface area contributed by atoms with Crippen molar-refractivity contribution in [2.75, 3.05) is 26.8 Å². The molecule has 5 heteroatoms. The van der Waals surface area contributed by atoms with Gasteiger partial charge < -0.3 is 14.3 Å². The average Bonchev–Trinajstić information content (AvgIpc) is 3.05. The maximum absolute atomic E-state index is 6.37. The molecule has 0 saturated carbocycles. The van der Waals surface area contributed by atoms with E-state index in [4.69, 9.17) is 25.9 Å². The molecule has 0 aliphatic carbocycles. The summed E-state index contributed by atoms with van der Waals surface area (Å²) in [6.45, 7) is 5.21. The topological polar surface area (TPSA) is 30.9 Å². The Balaban J connectivity index is 1.49. The first-order valence-electron chi connectivity index (χ1n) is 9.60. The molecule has 0 N–H and O–H groups in total. The molecule has 2 aliphatic rings. The van der Waals surface area contributed by atoms with Crippen molar-refractivity contribution in [2.24, 2.45) is 0 Å². The first-order chi connectivity index (χ1) is 13.1. The fourth-order valence-corrected chi connectivity index (χ4v) is 4.45. The molecule has 2 aromatic carbocycles. The van der Waals surface area contributed by atoms with Crippen LogP contribution in [0.1, 0.15) is 36.5 Å². The van der Waals surface area contributed by atoms with Gasteiger partial charge in [-0.15, -0.1) is 0 Å². The second-order valence-corrected chi connectivity index (χ2v) is 7.77. The van der Waals surface area contributed by atoms with Gasteiger partial charge in [0, 0.05) is 40.7 Å². The fourth-order valence-electron chi connectivity index (χ4n) is 4.21. The van der Waals surface area contributed by atoms with Crippen molar-refractivity contribution in [1.29, 1.82) is 0 Å². The summed E-state index contributed by atoms with van der Waals surface area (Å²) < 4.78 is 12.1. The zero-order valence-electron chi connectivity index (χ0n) is 16.0. The van der Waals surface area contributed by atoms with E-state index in [9.17, 15) is 0 Å². The summed E-state index contributed by atoms with van der Waals surface area (Å²) in [5.41, 5.74) is 3.70. The zero-order chi connectivity index (χ0) is 18.9. The third-order valence-electron chi connectivity index (χ3n) is 5.95.